The van der Waals surface area contributed by atoms with Crippen molar-refractivity contribution in [1.82, 2.24) is 0 Å². The molecule has 0 aromatic rings. The van der Waals surface area contributed by atoms with Crippen LogP contribution in [0.5, 0.6) is 0 Å². The summed E-state index contributed by atoms with van der Waals surface area (Å²) < 4.78 is 0. The monoisotopic (exact) mass is 101 g/mol. The van der Waals surface area contributed by atoms with Crippen LogP contribution in [0.2, 0.25) is 0 Å². The smallest absolute Gasteiger partial charge is 0.870 e. The Morgan fingerprint density at radius 1 is 1.60 bits per heavy atom. The third kappa shape index (κ3) is 29.0. The maximum absolute atomic E-state index is 7.46. The summed E-state index contributed by atoms with van der Waals surface area (Å²) in [6, 6.07) is 0. The number of hydrogen-bond donors (Lipinski definition) is 1. The van der Waals surface area contributed by atoms with Crippen molar-refractivity contribution in [2.45, 2.75) is 0 Å². The summed E-state index contributed by atoms with van der Waals surface area (Å²) in [5, 5.41) is 7.46. The van der Waals surface area contributed by atoms with Gasteiger partial charge in [0.15, 0.2) is 0 Å². The summed E-state index contributed by atoms with van der Waals surface area (Å²) in [7, 11) is 0. The Morgan fingerprint density at radius 3 is 1.60 bits per heavy atom. The van der Waals surface area contributed by atoms with Crippen molar-refractivity contribution in [3.63, 3.8) is 0 Å². The van der Waals surface area contributed by atoms with Crippen LogP contribution in [0.15, 0.2) is 0 Å². The molecule has 1 radical (unpaired) electrons. The van der Waals surface area contributed by atoms with Gasteiger partial charge in [-0.1, -0.05) is 0 Å². The van der Waals surface area contributed by atoms with E-state index in [0.29, 0.717) is 0 Å². The van der Waals surface area contributed by atoms with Crippen LogP contribution >= 0.6 is 0 Å². The quantitative estimate of drug-likeness (QED) is 0.324. The van der Waals surface area contributed by atoms with Crippen LogP contribution in [0, 0.1) is 6.92 Å². The maximum Gasteiger partial charge on any atom is 1.00 e. The van der Waals surface area contributed by atoms with Gasteiger partial charge in [0.05, 0.1) is 0 Å². The van der Waals surface area contributed by atoms with Crippen LogP contribution in [-0.4, -0.2) is 17.2 Å². The predicted octanol–water partition coefficient (Wildman–Crippen LogP) is -3.36. The van der Waals surface area contributed by atoms with Gasteiger partial charge in [0, 0.05) is 6.61 Å². The van der Waals surface area contributed by atoms with Gasteiger partial charge in [0.25, 0.3) is 0 Å². The maximum atomic E-state index is 7.46. The molecule has 2 N–H and O–H groups in total. The minimum atomic E-state index is 0. The van der Waals surface area contributed by atoms with E-state index >= 15 is 0 Å². The Hall–Kier alpha value is 1.56. The SMILES string of the molecule is [CH2]CO.[K+].[OH-]. The molecule has 0 spiro atoms. The van der Waals surface area contributed by atoms with Crippen molar-refractivity contribution in [1.29, 1.82) is 0 Å². The number of rotatable bonds is 0. The summed E-state index contributed by atoms with van der Waals surface area (Å²) in [4.78, 5) is 0. The van der Waals surface area contributed by atoms with E-state index in [1.807, 2.05) is 0 Å². The van der Waals surface area contributed by atoms with Crippen molar-refractivity contribution in [3.05, 3.63) is 6.92 Å². The molecule has 0 atom stereocenters. The van der Waals surface area contributed by atoms with Crippen molar-refractivity contribution < 1.29 is 62.0 Å². The molecule has 0 unspecified atom stereocenters. The summed E-state index contributed by atoms with van der Waals surface area (Å²) >= 11 is 0. The molecule has 0 saturated heterocycles. The number of aliphatic hydroxyl groups excluding tert-OH is 1. The Balaban J connectivity index is -0.0000000200. The molecule has 0 aromatic carbocycles. The van der Waals surface area contributed by atoms with E-state index in [4.69, 9.17) is 5.11 Å². The summed E-state index contributed by atoms with van der Waals surface area (Å²) in [6.45, 7) is 3.04. The summed E-state index contributed by atoms with van der Waals surface area (Å²) in [5.41, 5.74) is 0. The molecule has 0 fully saturated rings. The molecular formula is C2H6KO2. The van der Waals surface area contributed by atoms with Crippen LogP contribution in [0.4, 0.5) is 0 Å². The van der Waals surface area contributed by atoms with Crippen molar-refractivity contribution in [2.75, 3.05) is 6.61 Å². The van der Waals surface area contributed by atoms with Gasteiger partial charge in [0.1, 0.15) is 0 Å². The molecule has 0 aliphatic heterocycles. The Kier molecular flexibility index (Phi) is 56.5. The molecular weight excluding hydrogens is 95.1 g/mol. The van der Waals surface area contributed by atoms with Crippen molar-refractivity contribution in [3.8, 4) is 0 Å². The average Bonchev–Trinajstić information content (AvgIpc) is 0.918. The standard InChI is InChI=1S/C2H5O.K.H2O/c1-2-3;;/h3H,1-2H2;;1H2/q;+1;/p-1. The number of aliphatic hydroxyl groups is 1. The summed E-state index contributed by atoms with van der Waals surface area (Å²) in [5.74, 6) is 0. The molecule has 5 heavy (non-hydrogen) atoms. The van der Waals surface area contributed by atoms with E-state index in [1.54, 1.807) is 0 Å². The molecule has 0 rings (SSSR count). The molecule has 3 heteroatoms. The van der Waals surface area contributed by atoms with Crippen LogP contribution in [0.1, 0.15) is 0 Å². The van der Waals surface area contributed by atoms with Crippen molar-refractivity contribution >= 4 is 0 Å². The van der Waals surface area contributed by atoms with Gasteiger partial charge in [-0.05, 0) is 6.92 Å². The molecule has 0 aliphatic rings. The molecule has 0 heterocycles. The minimum Gasteiger partial charge on any atom is -0.870 e. The van der Waals surface area contributed by atoms with Gasteiger partial charge in [-0.15, -0.1) is 0 Å². The van der Waals surface area contributed by atoms with Crippen LogP contribution in [-0.2, 0) is 0 Å². The van der Waals surface area contributed by atoms with Crippen LogP contribution < -0.4 is 51.4 Å². The first kappa shape index (κ1) is 16.0. The Morgan fingerprint density at radius 2 is 1.60 bits per heavy atom. The molecule has 2 nitrogen and oxygen atoms in total. The molecule has 0 saturated carbocycles. The Bertz CT molecular complexity index is 7.61. The van der Waals surface area contributed by atoms with Gasteiger partial charge in [-0.3, -0.25) is 0 Å². The third-order valence-corrected chi connectivity index (χ3v) is 0. The van der Waals surface area contributed by atoms with Crippen molar-refractivity contribution in [2.24, 2.45) is 0 Å². The Labute approximate surface area is 74.3 Å². The van der Waals surface area contributed by atoms with E-state index in [1.165, 1.54) is 0 Å². The zero-order chi connectivity index (χ0) is 2.71. The normalized spacial score (nSPS) is 3.60. The second-order valence-electron chi connectivity index (χ2n) is 0.224. The fourth-order valence-corrected chi connectivity index (χ4v) is 0. The predicted molar refractivity (Wildman–Crippen MR) is 14.4 cm³/mol. The van der Waals surface area contributed by atoms with Gasteiger partial charge < -0.3 is 10.6 Å². The fourth-order valence-electron chi connectivity index (χ4n) is 0. The van der Waals surface area contributed by atoms with Crippen LogP contribution in [0.3, 0.4) is 0 Å². The van der Waals surface area contributed by atoms with E-state index in [9.17, 15) is 0 Å². The molecule has 0 bridgehead atoms. The zero-order valence-electron chi connectivity index (χ0n) is 3.31. The van der Waals surface area contributed by atoms with E-state index in [2.05, 4.69) is 6.92 Å². The second kappa shape index (κ2) is 17.7. The third-order valence-electron chi connectivity index (χ3n) is 0. The first-order valence-corrected chi connectivity index (χ1v) is 0.816. The molecule has 0 aliphatic carbocycles. The van der Waals surface area contributed by atoms with E-state index in [-0.39, 0.29) is 63.5 Å². The van der Waals surface area contributed by atoms with Gasteiger partial charge in [0.2, 0.25) is 0 Å². The zero-order valence-corrected chi connectivity index (χ0v) is 6.43. The second-order valence-corrected chi connectivity index (χ2v) is 0.224. The minimum absolute atomic E-state index is 0. The van der Waals surface area contributed by atoms with Gasteiger partial charge in [-0.2, -0.15) is 0 Å². The summed E-state index contributed by atoms with van der Waals surface area (Å²) in [6.07, 6.45) is 0. The molecule has 0 amide bonds. The first-order chi connectivity index (χ1) is 1.41. The molecule has 27 valence electrons. The van der Waals surface area contributed by atoms with E-state index in [0.717, 1.165) is 0 Å². The molecule has 0 aromatic heterocycles. The van der Waals surface area contributed by atoms with Gasteiger partial charge >= 0.3 is 51.4 Å². The average molecular weight is 101 g/mol. The fraction of sp³-hybridized carbons (Fsp3) is 0.500. The largest absolute Gasteiger partial charge is 1.00 e. The van der Waals surface area contributed by atoms with Gasteiger partial charge in [-0.25, -0.2) is 0 Å². The van der Waals surface area contributed by atoms with E-state index < -0.39 is 0 Å². The number of hydrogen-bond acceptors (Lipinski definition) is 2. The van der Waals surface area contributed by atoms with Crippen LogP contribution in [0.25, 0.3) is 0 Å². The first-order valence-electron chi connectivity index (χ1n) is 0.816. The topological polar surface area (TPSA) is 50.2 Å².